The molecule has 3 aromatic rings. The van der Waals surface area contributed by atoms with Gasteiger partial charge in [0.25, 0.3) is 0 Å². The van der Waals surface area contributed by atoms with Gasteiger partial charge in [0.1, 0.15) is 0 Å². The second-order valence-electron chi connectivity index (χ2n) is 7.79. The minimum absolute atomic E-state index is 0.0291. The van der Waals surface area contributed by atoms with E-state index in [1.165, 1.54) is 11.8 Å². The highest BCUT2D eigenvalue weighted by Gasteiger charge is 2.34. The van der Waals surface area contributed by atoms with Crippen molar-refractivity contribution >= 4 is 39.1 Å². The van der Waals surface area contributed by atoms with Crippen molar-refractivity contribution in [2.24, 2.45) is 0 Å². The van der Waals surface area contributed by atoms with Crippen molar-refractivity contribution in [3.63, 3.8) is 0 Å². The molecule has 0 aliphatic carbocycles. The molecule has 0 N–H and O–H groups in total. The van der Waals surface area contributed by atoms with E-state index in [0.29, 0.717) is 29.0 Å². The lowest BCUT2D eigenvalue weighted by molar-refractivity contribution is -0.129. The summed E-state index contributed by atoms with van der Waals surface area (Å²) in [4.78, 5) is 18.7. The zero-order valence-corrected chi connectivity index (χ0v) is 20.7. The normalized spacial score (nSPS) is 17.2. The molecule has 1 saturated heterocycles. The van der Waals surface area contributed by atoms with Crippen LogP contribution < -0.4 is 0 Å². The van der Waals surface area contributed by atoms with E-state index in [4.69, 9.17) is 11.6 Å². The summed E-state index contributed by atoms with van der Waals surface area (Å²) >= 11 is 7.66. The number of rotatable bonds is 7. The number of hydrogen-bond donors (Lipinski definition) is 0. The molecule has 8 nitrogen and oxygen atoms in total. The van der Waals surface area contributed by atoms with E-state index in [1.807, 2.05) is 48.7 Å². The first-order valence-electron chi connectivity index (χ1n) is 10.5. The predicted molar refractivity (Wildman–Crippen MR) is 130 cm³/mol. The SMILES string of the molecule is CCN(C(=O)CSc1nnc(-c2ccncc2)n1-c1cccc(Cl)c1C)C1CCS(=O)(=O)C1. The molecule has 1 unspecified atom stereocenters. The van der Waals surface area contributed by atoms with Crippen LogP contribution >= 0.6 is 23.4 Å². The molecule has 0 radical (unpaired) electrons. The Kier molecular flexibility index (Phi) is 7.06. The van der Waals surface area contributed by atoms with Gasteiger partial charge in [-0.1, -0.05) is 29.4 Å². The number of aromatic nitrogens is 4. The maximum absolute atomic E-state index is 13.0. The van der Waals surface area contributed by atoms with Gasteiger partial charge in [0, 0.05) is 35.6 Å². The molecule has 1 amide bonds. The van der Waals surface area contributed by atoms with Crippen molar-refractivity contribution in [2.45, 2.75) is 31.5 Å². The van der Waals surface area contributed by atoms with Crippen LogP contribution in [-0.4, -0.2) is 68.8 Å². The highest BCUT2D eigenvalue weighted by molar-refractivity contribution is 7.99. The number of benzene rings is 1. The Balaban J connectivity index is 1.64. The molecule has 2 aromatic heterocycles. The van der Waals surface area contributed by atoms with E-state index in [9.17, 15) is 13.2 Å². The molecule has 1 aromatic carbocycles. The first kappa shape index (κ1) is 23.7. The molecule has 174 valence electrons. The van der Waals surface area contributed by atoms with Crippen LogP contribution in [0.5, 0.6) is 0 Å². The standard InChI is InChI=1S/C22H24ClN5O3S2/c1-3-27(17-9-12-33(30,31)14-17)20(29)13-32-22-26-25-21(16-7-10-24-11-8-16)28(22)19-6-4-5-18(23)15(19)2/h4-8,10-11,17H,3,9,12-14H2,1-2H3. The molecule has 11 heteroatoms. The molecule has 4 rings (SSSR count). The van der Waals surface area contributed by atoms with E-state index in [0.717, 1.165) is 16.8 Å². The van der Waals surface area contributed by atoms with Gasteiger partial charge in [-0.05, 0) is 50.1 Å². The maximum Gasteiger partial charge on any atom is 0.233 e. The molecule has 0 bridgehead atoms. The molecule has 1 fully saturated rings. The zero-order chi connectivity index (χ0) is 23.6. The van der Waals surface area contributed by atoms with Crippen LogP contribution in [0.1, 0.15) is 18.9 Å². The minimum Gasteiger partial charge on any atom is -0.338 e. The second-order valence-corrected chi connectivity index (χ2v) is 11.4. The van der Waals surface area contributed by atoms with E-state index in [1.54, 1.807) is 17.3 Å². The number of sulfone groups is 1. The van der Waals surface area contributed by atoms with Crippen molar-refractivity contribution in [1.82, 2.24) is 24.6 Å². The lowest BCUT2D eigenvalue weighted by Gasteiger charge is -2.26. The van der Waals surface area contributed by atoms with Crippen molar-refractivity contribution in [1.29, 1.82) is 0 Å². The van der Waals surface area contributed by atoms with Crippen molar-refractivity contribution in [3.8, 4) is 17.1 Å². The summed E-state index contributed by atoms with van der Waals surface area (Å²) in [6.07, 6.45) is 3.85. The zero-order valence-electron chi connectivity index (χ0n) is 18.3. The Morgan fingerprint density at radius 3 is 2.67 bits per heavy atom. The molecule has 1 aliphatic heterocycles. The highest BCUT2D eigenvalue weighted by Crippen LogP contribution is 2.32. The van der Waals surface area contributed by atoms with Crippen molar-refractivity contribution in [2.75, 3.05) is 23.8 Å². The summed E-state index contributed by atoms with van der Waals surface area (Å²) in [5.74, 6) is 0.783. The van der Waals surface area contributed by atoms with Gasteiger partial charge in [0.2, 0.25) is 5.91 Å². The molecule has 0 saturated carbocycles. The van der Waals surface area contributed by atoms with Crippen LogP contribution in [-0.2, 0) is 14.6 Å². The van der Waals surface area contributed by atoms with Gasteiger partial charge >= 0.3 is 0 Å². The average molecular weight is 506 g/mol. The predicted octanol–water partition coefficient (Wildman–Crippen LogP) is 3.42. The van der Waals surface area contributed by atoms with Crippen molar-refractivity contribution < 1.29 is 13.2 Å². The summed E-state index contributed by atoms with van der Waals surface area (Å²) in [7, 11) is -3.07. The Bertz CT molecular complexity index is 1260. The number of nitrogens with zero attached hydrogens (tertiary/aromatic N) is 5. The fraction of sp³-hybridized carbons (Fsp3) is 0.364. The number of hydrogen-bond acceptors (Lipinski definition) is 7. The van der Waals surface area contributed by atoms with Gasteiger partial charge in [-0.15, -0.1) is 10.2 Å². The maximum atomic E-state index is 13.0. The fourth-order valence-corrected chi connectivity index (χ4v) is 6.71. The third-order valence-corrected chi connectivity index (χ3v) is 8.76. The molecule has 1 atom stereocenters. The fourth-order valence-electron chi connectivity index (χ4n) is 3.98. The number of amides is 1. The lowest BCUT2D eigenvalue weighted by atomic mass is 10.2. The van der Waals surface area contributed by atoms with Crippen LogP contribution in [0.15, 0.2) is 47.9 Å². The number of pyridine rings is 1. The number of carbonyl (C=O) groups excluding carboxylic acids is 1. The highest BCUT2D eigenvalue weighted by atomic mass is 35.5. The van der Waals surface area contributed by atoms with Gasteiger partial charge < -0.3 is 4.90 Å². The summed E-state index contributed by atoms with van der Waals surface area (Å²) < 4.78 is 25.7. The van der Waals surface area contributed by atoms with Crippen LogP contribution in [0.4, 0.5) is 0 Å². The monoisotopic (exact) mass is 505 g/mol. The minimum atomic E-state index is -3.07. The third-order valence-electron chi connectivity index (χ3n) is 5.69. The number of halogens is 1. The summed E-state index contributed by atoms with van der Waals surface area (Å²) in [5.41, 5.74) is 2.53. The van der Waals surface area contributed by atoms with Gasteiger partial charge in [0.05, 0.1) is 22.9 Å². The van der Waals surface area contributed by atoms with Crippen LogP contribution in [0.3, 0.4) is 0 Å². The number of thioether (sulfide) groups is 1. The lowest BCUT2D eigenvalue weighted by Crippen LogP contribution is -2.42. The van der Waals surface area contributed by atoms with Gasteiger partial charge in [-0.3, -0.25) is 14.3 Å². The van der Waals surface area contributed by atoms with Gasteiger partial charge in [-0.25, -0.2) is 8.42 Å². The van der Waals surface area contributed by atoms with Gasteiger partial charge in [0.15, 0.2) is 20.8 Å². The first-order chi connectivity index (χ1) is 15.8. The quantitative estimate of drug-likeness (QED) is 0.454. The van der Waals surface area contributed by atoms with E-state index in [-0.39, 0.29) is 29.2 Å². The molecular formula is C22H24ClN5O3S2. The van der Waals surface area contributed by atoms with Gasteiger partial charge in [-0.2, -0.15) is 0 Å². The smallest absolute Gasteiger partial charge is 0.233 e. The third kappa shape index (κ3) is 5.07. The molecule has 0 spiro atoms. The molecular weight excluding hydrogens is 482 g/mol. The number of carbonyl (C=O) groups is 1. The first-order valence-corrected chi connectivity index (χ1v) is 13.7. The van der Waals surface area contributed by atoms with E-state index < -0.39 is 9.84 Å². The van der Waals surface area contributed by atoms with Crippen LogP contribution in [0.2, 0.25) is 5.02 Å². The summed E-state index contributed by atoms with van der Waals surface area (Å²) in [5, 5.41) is 9.92. The molecule has 3 heterocycles. The molecule has 33 heavy (non-hydrogen) atoms. The largest absolute Gasteiger partial charge is 0.338 e. The Labute approximate surface area is 202 Å². The van der Waals surface area contributed by atoms with Crippen LogP contribution in [0.25, 0.3) is 17.1 Å². The van der Waals surface area contributed by atoms with Crippen molar-refractivity contribution in [3.05, 3.63) is 53.3 Å². The Morgan fingerprint density at radius 1 is 1.24 bits per heavy atom. The Hall–Kier alpha value is -2.43. The molecule has 1 aliphatic rings. The summed E-state index contributed by atoms with van der Waals surface area (Å²) in [6, 6.07) is 9.04. The van der Waals surface area contributed by atoms with E-state index in [2.05, 4.69) is 15.2 Å². The van der Waals surface area contributed by atoms with E-state index >= 15 is 0 Å². The second kappa shape index (κ2) is 9.82. The van der Waals surface area contributed by atoms with Crippen LogP contribution in [0, 0.1) is 6.92 Å². The Morgan fingerprint density at radius 2 is 2.00 bits per heavy atom. The topological polar surface area (TPSA) is 98.1 Å². The average Bonchev–Trinajstić information content (AvgIpc) is 3.38. The summed E-state index contributed by atoms with van der Waals surface area (Å²) in [6.45, 7) is 4.25.